The van der Waals surface area contributed by atoms with Crippen LogP contribution in [-0.2, 0) is 0 Å². The number of pyridine rings is 1. The van der Waals surface area contributed by atoms with Gasteiger partial charge in [-0.1, -0.05) is 11.6 Å². The molecular weight excluding hydrogens is 254 g/mol. The molecule has 1 heterocycles. The maximum Gasteiger partial charge on any atom is 0.255 e. The van der Waals surface area contributed by atoms with Crippen LogP contribution < -0.4 is 16.6 Å². The van der Waals surface area contributed by atoms with Crippen molar-refractivity contribution >= 4 is 28.9 Å². The second-order valence-electron chi connectivity index (χ2n) is 3.63. The molecule has 1 aromatic heterocycles. The Hall–Kier alpha value is -2.27. The molecule has 0 saturated heterocycles. The lowest BCUT2D eigenvalue weighted by molar-refractivity contribution is 0.102. The average molecular weight is 264 g/mol. The van der Waals surface area contributed by atoms with Crippen LogP contribution in [0.15, 0.2) is 41.3 Å². The first kappa shape index (κ1) is 12.2. The number of carbonyl (C=O) groups is 1. The summed E-state index contributed by atoms with van der Waals surface area (Å²) in [6, 6.07) is 7.49. The molecule has 0 unspecified atom stereocenters. The first-order valence-corrected chi connectivity index (χ1v) is 5.49. The number of nitrogen functional groups attached to an aromatic ring is 1. The molecule has 0 aliphatic heterocycles. The largest absolute Gasteiger partial charge is 0.397 e. The molecule has 0 atom stereocenters. The number of aromatic amines is 1. The van der Waals surface area contributed by atoms with E-state index in [-0.39, 0.29) is 17.0 Å². The number of hydrogen-bond acceptors (Lipinski definition) is 3. The van der Waals surface area contributed by atoms with Crippen molar-refractivity contribution in [3.63, 3.8) is 0 Å². The lowest BCUT2D eigenvalue weighted by atomic mass is 10.2. The van der Waals surface area contributed by atoms with Gasteiger partial charge in [0.15, 0.2) is 0 Å². The summed E-state index contributed by atoms with van der Waals surface area (Å²) in [5.41, 5.74) is 6.45. The number of H-pyrrole nitrogens is 1. The summed E-state index contributed by atoms with van der Waals surface area (Å²) >= 11 is 5.77. The van der Waals surface area contributed by atoms with Gasteiger partial charge in [0.1, 0.15) is 0 Å². The van der Waals surface area contributed by atoms with E-state index in [1.54, 1.807) is 18.2 Å². The predicted octanol–water partition coefficient (Wildman–Crippen LogP) is 1.86. The van der Waals surface area contributed by atoms with Crippen LogP contribution in [0.4, 0.5) is 11.4 Å². The zero-order valence-electron chi connectivity index (χ0n) is 9.24. The van der Waals surface area contributed by atoms with Crippen molar-refractivity contribution in [2.24, 2.45) is 0 Å². The predicted molar refractivity (Wildman–Crippen MR) is 70.9 cm³/mol. The number of hydrogen-bond donors (Lipinski definition) is 3. The third-order valence-electron chi connectivity index (χ3n) is 2.29. The minimum absolute atomic E-state index is 0.271. The van der Waals surface area contributed by atoms with Crippen LogP contribution in [0.1, 0.15) is 10.4 Å². The lowest BCUT2D eigenvalue weighted by Crippen LogP contribution is -2.15. The highest BCUT2D eigenvalue weighted by atomic mass is 35.5. The van der Waals surface area contributed by atoms with Gasteiger partial charge in [-0.3, -0.25) is 9.59 Å². The topological polar surface area (TPSA) is 88.0 Å². The monoisotopic (exact) mass is 263 g/mol. The Labute approximate surface area is 108 Å². The van der Waals surface area contributed by atoms with E-state index in [0.29, 0.717) is 16.4 Å². The van der Waals surface area contributed by atoms with Gasteiger partial charge in [0.25, 0.3) is 5.91 Å². The Morgan fingerprint density at radius 1 is 1.28 bits per heavy atom. The van der Waals surface area contributed by atoms with E-state index >= 15 is 0 Å². The number of carbonyl (C=O) groups excluding carboxylic acids is 1. The first-order chi connectivity index (χ1) is 8.56. The summed E-state index contributed by atoms with van der Waals surface area (Å²) in [7, 11) is 0. The number of rotatable bonds is 2. The van der Waals surface area contributed by atoms with E-state index in [0.717, 1.165) is 0 Å². The van der Waals surface area contributed by atoms with Gasteiger partial charge in [-0.05, 0) is 24.3 Å². The number of anilines is 2. The highest BCUT2D eigenvalue weighted by Crippen LogP contribution is 2.22. The van der Waals surface area contributed by atoms with E-state index in [1.165, 1.54) is 18.3 Å². The van der Waals surface area contributed by atoms with Gasteiger partial charge >= 0.3 is 0 Å². The maximum atomic E-state index is 11.8. The van der Waals surface area contributed by atoms with Crippen molar-refractivity contribution in [3.05, 3.63) is 57.5 Å². The molecule has 2 rings (SSSR count). The van der Waals surface area contributed by atoms with Gasteiger partial charge < -0.3 is 16.0 Å². The average Bonchev–Trinajstić information content (AvgIpc) is 2.34. The molecule has 0 saturated carbocycles. The van der Waals surface area contributed by atoms with E-state index in [4.69, 9.17) is 17.3 Å². The highest BCUT2D eigenvalue weighted by molar-refractivity contribution is 6.33. The standard InChI is InChI=1S/C12H10ClN3O2/c13-9-2-1-8(6-10(9)14)16-12(18)7-3-4-15-11(17)5-7/h1-6H,14H2,(H,15,17)(H,16,18). The Kier molecular flexibility index (Phi) is 3.34. The van der Waals surface area contributed by atoms with Gasteiger partial charge in [-0.15, -0.1) is 0 Å². The third kappa shape index (κ3) is 2.70. The van der Waals surface area contributed by atoms with Crippen molar-refractivity contribution in [2.45, 2.75) is 0 Å². The van der Waals surface area contributed by atoms with Crippen LogP contribution >= 0.6 is 11.6 Å². The summed E-state index contributed by atoms with van der Waals surface area (Å²) in [5.74, 6) is -0.386. The van der Waals surface area contributed by atoms with Gasteiger partial charge in [0.2, 0.25) is 5.56 Å². The Morgan fingerprint density at radius 2 is 2.06 bits per heavy atom. The van der Waals surface area contributed by atoms with Gasteiger partial charge in [0.05, 0.1) is 10.7 Å². The zero-order valence-corrected chi connectivity index (χ0v) is 9.99. The third-order valence-corrected chi connectivity index (χ3v) is 2.64. The maximum absolute atomic E-state index is 11.8. The molecule has 0 aliphatic carbocycles. The number of nitrogens with two attached hydrogens (primary N) is 1. The number of benzene rings is 1. The van der Waals surface area contributed by atoms with Crippen LogP contribution in [0, 0.1) is 0 Å². The minimum Gasteiger partial charge on any atom is -0.397 e. The van der Waals surface area contributed by atoms with E-state index < -0.39 is 0 Å². The van der Waals surface area contributed by atoms with Crippen molar-refractivity contribution in [1.29, 1.82) is 0 Å². The van der Waals surface area contributed by atoms with Gasteiger partial charge in [-0.25, -0.2) is 0 Å². The molecule has 6 heteroatoms. The Morgan fingerprint density at radius 3 is 2.72 bits per heavy atom. The molecular formula is C12H10ClN3O2. The summed E-state index contributed by atoms with van der Waals surface area (Å²) < 4.78 is 0. The van der Waals surface area contributed by atoms with Crippen LogP contribution in [0.25, 0.3) is 0 Å². The molecule has 4 N–H and O–H groups in total. The number of halogens is 1. The van der Waals surface area contributed by atoms with Crippen LogP contribution in [0.5, 0.6) is 0 Å². The molecule has 92 valence electrons. The molecule has 1 aromatic carbocycles. The molecule has 5 nitrogen and oxygen atoms in total. The summed E-state index contributed by atoms with van der Waals surface area (Å²) in [6.07, 6.45) is 1.41. The van der Waals surface area contributed by atoms with Crippen LogP contribution in [0.2, 0.25) is 5.02 Å². The second kappa shape index (κ2) is 4.93. The Bertz CT molecular complexity index is 652. The molecule has 0 fully saturated rings. The zero-order chi connectivity index (χ0) is 13.1. The Balaban J connectivity index is 2.21. The molecule has 18 heavy (non-hydrogen) atoms. The fourth-order valence-corrected chi connectivity index (χ4v) is 1.53. The fraction of sp³-hybridized carbons (Fsp3) is 0. The molecule has 1 amide bonds. The normalized spacial score (nSPS) is 10.1. The van der Waals surface area contributed by atoms with E-state index in [2.05, 4.69) is 10.3 Å². The summed E-state index contributed by atoms with van der Waals surface area (Å²) in [5, 5.41) is 3.04. The summed E-state index contributed by atoms with van der Waals surface area (Å²) in [4.78, 5) is 25.3. The molecule has 0 radical (unpaired) electrons. The first-order valence-electron chi connectivity index (χ1n) is 5.11. The minimum atomic E-state index is -0.386. The smallest absolute Gasteiger partial charge is 0.255 e. The number of nitrogens with one attached hydrogen (secondary N) is 2. The molecule has 0 spiro atoms. The van der Waals surface area contributed by atoms with Crippen molar-refractivity contribution in [2.75, 3.05) is 11.1 Å². The van der Waals surface area contributed by atoms with E-state index in [1.807, 2.05) is 0 Å². The fourth-order valence-electron chi connectivity index (χ4n) is 1.41. The lowest BCUT2D eigenvalue weighted by Gasteiger charge is -2.06. The highest BCUT2D eigenvalue weighted by Gasteiger charge is 2.07. The van der Waals surface area contributed by atoms with Gasteiger partial charge in [0, 0.05) is 23.5 Å². The van der Waals surface area contributed by atoms with E-state index in [9.17, 15) is 9.59 Å². The molecule has 0 aliphatic rings. The molecule has 2 aromatic rings. The SMILES string of the molecule is Nc1cc(NC(=O)c2cc[nH]c(=O)c2)ccc1Cl. The quantitative estimate of drug-likeness (QED) is 0.723. The van der Waals surface area contributed by atoms with Crippen molar-refractivity contribution in [3.8, 4) is 0 Å². The van der Waals surface area contributed by atoms with Gasteiger partial charge in [-0.2, -0.15) is 0 Å². The second-order valence-corrected chi connectivity index (χ2v) is 4.04. The summed E-state index contributed by atoms with van der Waals surface area (Å²) in [6.45, 7) is 0. The van der Waals surface area contributed by atoms with Crippen LogP contribution in [0.3, 0.4) is 0 Å². The molecule has 0 bridgehead atoms. The number of aromatic nitrogens is 1. The number of amides is 1. The van der Waals surface area contributed by atoms with Crippen LogP contribution in [-0.4, -0.2) is 10.9 Å². The van der Waals surface area contributed by atoms with Crippen molar-refractivity contribution < 1.29 is 4.79 Å². The van der Waals surface area contributed by atoms with Crippen molar-refractivity contribution in [1.82, 2.24) is 4.98 Å².